The van der Waals surface area contributed by atoms with Crippen molar-refractivity contribution < 1.29 is 4.39 Å². The average Bonchev–Trinajstić information content (AvgIpc) is 2.36. The molecule has 0 aliphatic carbocycles. The van der Waals surface area contributed by atoms with Crippen LogP contribution in [0.2, 0.25) is 25.1 Å². The lowest BCUT2D eigenvalue weighted by atomic mass is 10.1. The Morgan fingerprint density at radius 3 is 1.83 bits per heavy atom. The largest absolute Gasteiger partial charge is 0.262 e. The van der Waals surface area contributed by atoms with Crippen LogP contribution in [0.4, 0.5) is 4.39 Å². The first-order chi connectivity index (χ1) is 8.45. The van der Waals surface area contributed by atoms with E-state index in [0.29, 0.717) is 0 Å². The molecule has 94 valence electrons. The van der Waals surface area contributed by atoms with Crippen LogP contribution in [0.5, 0.6) is 0 Å². The van der Waals surface area contributed by atoms with Crippen LogP contribution >= 0.6 is 58.0 Å². The van der Waals surface area contributed by atoms with Crippen molar-refractivity contribution >= 4 is 58.0 Å². The second kappa shape index (κ2) is 5.40. The number of pyridine rings is 1. The maximum atomic E-state index is 13.7. The minimum atomic E-state index is -0.587. The highest BCUT2D eigenvalue weighted by molar-refractivity contribution is 6.56. The van der Waals surface area contributed by atoms with Crippen LogP contribution in [0.1, 0.15) is 0 Å². The van der Waals surface area contributed by atoms with E-state index in [-0.39, 0.29) is 36.2 Å². The molecule has 0 aliphatic rings. The minimum Gasteiger partial charge on any atom is -0.262 e. The van der Waals surface area contributed by atoms with Crippen molar-refractivity contribution in [2.45, 2.75) is 0 Å². The SMILES string of the molecule is Fc1cnccc1-c1c(Cl)c(Cl)c(Cl)c(Cl)c1Cl. The molecule has 0 bridgehead atoms. The predicted octanol–water partition coefficient (Wildman–Crippen LogP) is 6.15. The van der Waals surface area contributed by atoms with Gasteiger partial charge in [-0.25, -0.2) is 4.39 Å². The molecule has 0 fully saturated rings. The van der Waals surface area contributed by atoms with E-state index in [4.69, 9.17) is 58.0 Å². The average molecular weight is 345 g/mol. The number of nitrogens with zero attached hydrogens (tertiary/aromatic N) is 1. The van der Waals surface area contributed by atoms with E-state index in [1.54, 1.807) is 0 Å². The molecule has 0 spiro atoms. The summed E-state index contributed by atoms with van der Waals surface area (Å²) in [5, 5.41) is 0.173. The minimum absolute atomic E-state index is 0.0268. The summed E-state index contributed by atoms with van der Waals surface area (Å²) in [6.07, 6.45) is 2.44. The van der Waals surface area contributed by atoms with Crippen LogP contribution < -0.4 is 0 Å². The molecular formula is C11H3Cl5FN. The van der Waals surface area contributed by atoms with Gasteiger partial charge in [-0.3, -0.25) is 4.98 Å². The van der Waals surface area contributed by atoms with E-state index in [0.717, 1.165) is 6.20 Å². The Hall–Kier alpha value is -0.250. The number of benzene rings is 1. The van der Waals surface area contributed by atoms with Crippen molar-refractivity contribution in [1.29, 1.82) is 0 Å². The van der Waals surface area contributed by atoms with Crippen LogP contribution in [0, 0.1) is 5.82 Å². The number of hydrogen-bond acceptors (Lipinski definition) is 1. The third-order valence-electron chi connectivity index (χ3n) is 2.25. The Balaban J connectivity index is 2.85. The second-order valence-electron chi connectivity index (χ2n) is 3.30. The zero-order valence-corrected chi connectivity index (χ0v) is 12.2. The lowest BCUT2D eigenvalue weighted by molar-refractivity contribution is 0.625. The highest BCUT2D eigenvalue weighted by Gasteiger charge is 2.22. The summed E-state index contributed by atoms with van der Waals surface area (Å²) in [5.74, 6) is -0.587. The molecule has 18 heavy (non-hydrogen) atoms. The Labute approximate surface area is 127 Å². The number of halogens is 6. The molecule has 2 rings (SSSR count). The van der Waals surface area contributed by atoms with E-state index in [9.17, 15) is 4.39 Å². The van der Waals surface area contributed by atoms with Crippen molar-refractivity contribution in [1.82, 2.24) is 4.98 Å². The second-order valence-corrected chi connectivity index (χ2v) is 5.19. The van der Waals surface area contributed by atoms with Crippen molar-refractivity contribution in [2.75, 3.05) is 0 Å². The van der Waals surface area contributed by atoms with Crippen molar-refractivity contribution in [2.24, 2.45) is 0 Å². The topological polar surface area (TPSA) is 12.9 Å². The van der Waals surface area contributed by atoms with Gasteiger partial charge in [0.15, 0.2) is 0 Å². The normalized spacial score (nSPS) is 10.8. The number of aromatic nitrogens is 1. The summed E-state index contributed by atoms with van der Waals surface area (Å²) >= 11 is 29.8. The molecular weight excluding hydrogens is 342 g/mol. The summed E-state index contributed by atoms with van der Waals surface area (Å²) in [4.78, 5) is 3.64. The molecule has 0 saturated heterocycles. The summed E-state index contributed by atoms with van der Waals surface area (Å²) in [6, 6.07) is 1.42. The lowest BCUT2D eigenvalue weighted by Gasteiger charge is -2.12. The molecule has 7 heteroatoms. The van der Waals surface area contributed by atoms with Gasteiger partial charge in [0.25, 0.3) is 0 Å². The summed E-state index contributed by atoms with van der Waals surface area (Å²) in [5.41, 5.74) is 0.345. The van der Waals surface area contributed by atoms with E-state index < -0.39 is 5.82 Å². The lowest BCUT2D eigenvalue weighted by Crippen LogP contribution is -1.90. The third kappa shape index (κ3) is 2.28. The quantitative estimate of drug-likeness (QED) is 0.446. The van der Waals surface area contributed by atoms with Crippen LogP contribution in [-0.2, 0) is 0 Å². The van der Waals surface area contributed by atoms with E-state index in [2.05, 4.69) is 4.98 Å². The van der Waals surface area contributed by atoms with Gasteiger partial charge in [-0.1, -0.05) is 58.0 Å². The van der Waals surface area contributed by atoms with Gasteiger partial charge in [-0.2, -0.15) is 0 Å². The molecule has 0 aliphatic heterocycles. The first kappa shape index (κ1) is 14.2. The number of rotatable bonds is 1. The van der Waals surface area contributed by atoms with Gasteiger partial charge in [-0.15, -0.1) is 0 Å². The molecule has 0 unspecified atom stereocenters. The molecule has 2 aromatic rings. The Morgan fingerprint density at radius 2 is 1.33 bits per heavy atom. The maximum absolute atomic E-state index is 13.7. The molecule has 0 N–H and O–H groups in total. The van der Waals surface area contributed by atoms with Gasteiger partial charge in [-0.05, 0) is 6.07 Å². The fraction of sp³-hybridized carbons (Fsp3) is 0. The van der Waals surface area contributed by atoms with Crippen LogP contribution in [-0.4, -0.2) is 4.98 Å². The predicted molar refractivity (Wildman–Crippen MR) is 74.7 cm³/mol. The fourth-order valence-corrected chi connectivity index (χ4v) is 2.76. The fourth-order valence-electron chi connectivity index (χ4n) is 1.42. The summed E-state index contributed by atoms with van der Waals surface area (Å²) in [7, 11) is 0. The van der Waals surface area contributed by atoms with E-state index in [1.165, 1.54) is 12.3 Å². The molecule has 0 amide bonds. The highest BCUT2D eigenvalue weighted by atomic mass is 35.5. The number of hydrogen-bond donors (Lipinski definition) is 0. The Kier molecular flexibility index (Phi) is 4.25. The summed E-state index contributed by atoms with van der Waals surface area (Å²) in [6.45, 7) is 0. The molecule has 1 aromatic heterocycles. The van der Waals surface area contributed by atoms with Crippen molar-refractivity contribution in [3.63, 3.8) is 0 Å². The van der Waals surface area contributed by atoms with Gasteiger partial charge < -0.3 is 0 Å². The van der Waals surface area contributed by atoms with E-state index >= 15 is 0 Å². The standard InChI is InChI=1S/C11H3Cl5FN/c12-7-6(4-1-2-18-3-5(4)17)8(13)10(15)11(16)9(7)14/h1-3H. The zero-order valence-electron chi connectivity index (χ0n) is 8.45. The van der Waals surface area contributed by atoms with Crippen LogP contribution in [0.3, 0.4) is 0 Å². The molecule has 0 saturated carbocycles. The molecule has 0 atom stereocenters. The maximum Gasteiger partial charge on any atom is 0.149 e. The molecule has 0 radical (unpaired) electrons. The first-order valence-corrected chi connectivity index (χ1v) is 6.45. The van der Waals surface area contributed by atoms with Crippen LogP contribution in [0.25, 0.3) is 11.1 Å². The Bertz CT molecular complexity index is 600. The van der Waals surface area contributed by atoms with Gasteiger partial charge in [0.2, 0.25) is 0 Å². The highest BCUT2D eigenvalue weighted by Crippen LogP contribution is 2.48. The Morgan fingerprint density at radius 1 is 0.833 bits per heavy atom. The van der Waals surface area contributed by atoms with Crippen LogP contribution in [0.15, 0.2) is 18.5 Å². The van der Waals surface area contributed by atoms with E-state index in [1.807, 2.05) is 0 Å². The third-order valence-corrected chi connectivity index (χ3v) is 4.53. The molecule has 1 heterocycles. The van der Waals surface area contributed by atoms with Gasteiger partial charge in [0.05, 0.1) is 31.3 Å². The smallest absolute Gasteiger partial charge is 0.149 e. The zero-order chi connectivity index (χ0) is 13.4. The summed E-state index contributed by atoms with van der Waals surface area (Å²) < 4.78 is 13.7. The van der Waals surface area contributed by atoms with Crippen molar-refractivity contribution in [3.8, 4) is 11.1 Å². The monoisotopic (exact) mass is 343 g/mol. The molecule has 1 nitrogen and oxygen atoms in total. The van der Waals surface area contributed by atoms with Gasteiger partial charge in [0, 0.05) is 17.3 Å². The first-order valence-electron chi connectivity index (χ1n) is 4.56. The van der Waals surface area contributed by atoms with Gasteiger partial charge in [0.1, 0.15) is 5.82 Å². The van der Waals surface area contributed by atoms with Crippen molar-refractivity contribution in [3.05, 3.63) is 49.4 Å². The van der Waals surface area contributed by atoms with Gasteiger partial charge >= 0.3 is 0 Å². The molecule has 1 aromatic carbocycles.